The van der Waals surface area contributed by atoms with Crippen molar-refractivity contribution in [2.45, 2.75) is 32.6 Å². The Bertz CT molecular complexity index is 1000. The number of aromatic nitrogens is 3. The first-order valence-corrected chi connectivity index (χ1v) is 10.7. The van der Waals surface area contributed by atoms with Crippen LogP contribution in [0.3, 0.4) is 0 Å². The first kappa shape index (κ1) is 19.7. The number of rotatable bonds is 6. The molecule has 3 aromatic rings. The number of halogens is 1. The van der Waals surface area contributed by atoms with E-state index in [9.17, 15) is 4.79 Å². The summed E-state index contributed by atoms with van der Waals surface area (Å²) in [7, 11) is 0. The maximum absolute atomic E-state index is 12.5. The molecule has 0 bridgehead atoms. The average Bonchev–Trinajstić information content (AvgIpc) is 3.18. The molecule has 1 saturated heterocycles. The molecule has 7 heteroatoms. The summed E-state index contributed by atoms with van der Waals surface area (Å²) in [6.45, 7) is 4.46. The smallest absolute Gasteiger partial charge is 0.224 e. The second-order valence-corrected chi connectivity index (χ2v) is 7.99. The first-order valence-electron chi connectivity index (χ1n) is 10.3. The van der Waals surface area contributed by atoms with Crippen LogP contribution in [-0.4, -0.2) is 40.1 Å². The van der Waals surface area contributed by atoms with Crippen molar-refractivity contribution in [1.82, 2.24) is 19.9 Å². The van der Waals surface area contributed by atoms with Crippen molar-refractivity contribution in [2.75, 3.05) is 24.5 Å². The fourth-order valence-electron chi connectivity index (χ4n) is 3.86. The highest BCUT2D eigenvalue weighted by molar-refractivity contribution is 6.30. The molecule has 6 nitrogen and oxygen atoms in total. The van der Waals surface area contributed by atoms with Gasteiger partial charge in [-0.3, -0.25) is 4.79 Å². The highest BCUT2D eigenvalue weighted by Crippen LogP contribution is 2.29. The second kappa shape index (κ2) is 8.82. The van der Waals surface area contributed by atoms with E-state index in [2.05, 4.69) is 22.1 Å². The van der Waals surface area contributed by atoms with E-state index in [0.29, 0.717) is 11.6 Å². The number of carbonyl (C=O) groups excluding carboxylic acids is 1. The Morgan fingerprint density at radius 3 is 3.07 bits per heavy atom. The molecule has 0 saturated carbocycles. The van der Waals surface area contributed by atoms with E-state index in [0.717, 1.165) is 61.4 Å². The van der Waals surface area contributed by atoms with Gasteiger partial charge in [-0.15, -0.1) is 0 Å². The summed E-state index contributed by atoms with van der Waals surface area (Å²) in [6.07, 6.45) is 7.62. The molecule has 3 heterocycles. The number of amides is 1. The molecule has 152 valence electrons. The van der Waals surface area contributed by atoms with Crippen LogP contribution in [-0.2, 0) is 4.79 Å². The van der Waals surface area contributed by atoms with Gasteiger partial charge in [0.15, 0.2) is 5.82 Å². The van der Waals surface area contributed by atoms with Gasteiger partial charge >= 0.3 is 0 Å². The van der Waals surface area contributed by atoms with Gasteiger partial charge in [0.05, 0.1) is 11.6 Å². The molecule has 1 aliphatic rings. The van der Waals surface area contributed by atoms with Crippen molar-refractivity contribution in [1.29, 1.82) is 0 Å². The molecule has 1 amide bonds. The third-order valence-electron chi connectivity index (χ3n) is 5.41. The zero-order valence-electron chi connectivity index (χ0n) is 16.6. The number of anilines is 1. The summed E-state index contributed by atoms with van der Waals surface area (Å²) in [5.41, 5.74) is 2.76. The van der Waals surface area contributed by atoms with Crippen molar-refractivity contribution < 1.29 is 4.79 Å². The van der Waals surface area contributed by atoms with Crippen molar-refractivity contribution in [3.8, 4) is 11.3 Å². The van der Waals surface area contributed by atoms with Gasteiger partial charge in [-0.2, -0.15) is 5.10 Å². The molecule has 1 atom stereocenters. The molecule has 1 aromatic carbocycles. The van der Waals surface area contributed by atoms with Crippen LogP contribution in [0.2, 0.25) is 5.02 Å². The van der Waals surface area contributed by atoms with Gasteiger partial charge in [-0.25, -0.2) is 9.50 Å². The fraction of sp³-hybridized carbons (Fsp3) is 0.409. The van der Waals surface area contributed by atoms with Crippen LogP contribution in [0.1, 0.15) is 32.6 Å². The third-order valence-corrected chi connectivity index (χ3v) is 5.65. The summed E-state index contributed by atoms with van der Waals surface area (Å²) in [6, 6.07) is 9.73. The summed E-state index contributed by atoms with van der Waals surface area (Å²) < 4.78 is 1.85. The Hall–Kier alpha value is -2.60. The highest BCUT2D eigenvalue weighted by Gasteiger charge is 2.27. The minimum atomic E-state index is -0.00187. The van der Waals surface area contributed by atoms with E-state index in [-0.39, 0.29) is 11.8 Å². The first-order chi connectivity index (χ1) is 14.2. The van der Waals surface area contributed by atoms with Crippen LogP contribution in [0.4, 0.5) is 5.82 Å². The van der Waals surface area contributed by atoms with Crippen LogP contribution < -0.4 is 10.2 Å². The predicted molar refractivity (Wildman–Crippen MR) is 116 cm³/mol. The number of fused-ring (bicyclic) bond motifs is 1. The van der Waals surface area contributed by atoms with E-state index in [1.54, 1.807) is 6.20 Å². The van der Waals surface area contributed by atoms with Gasteiger partial charge < -0.3 is 10.2 Å². The van der Waals surface area contributed by atoms with Crippen molar-refractivity contribution in [3.05, 3.63) is 47.7 Å². The summed E-state index contributed by atoms with van der Waals surface area (Å²) in [4.78, 5) is 19.4. The molecule has 1 N–H and O–H groups in total. The minimum Gasteiger partial charge on any atom is -0.356 e. The van der Waals surface area contributed by atoms with Crippen molar-refractivity contribution in [2.24, 2.45) is 5.92 Å². The maximum Gasteiger partial charge on any atom is 0.224 e. The molecule has 0 radical (unpaired) electrons. The summed E-state index contributed by atoms with van der Waals surface area (Å²) in [5, 5.41) is 8.46. The SMILES string of the molecule is CCCCNC(=O)C1CCCN(c2nccn3nc(-c4cccc(Cl)c4)cc23)C1. The number of benzene rings is 1. The van der Waals surface area contributed by atoms with E-state index in [4.69, 9.17) is 16.7 Å². The van der Waals surface area contributed by atoms with Crippen LogP contribution in [0.25, 0.3) is 16.8 Å². The van der Waals surface area contributed by atoms with Crippen LogP contribution in [0, 0.1) is 5.92 Å². The van der Waals surface area contributed by atoms with Crippen LogP contribution in [0.15, 0.2) is 42.7 Å². The largest absolute Gasteiger partial charge is 0.356 e. The van der Waals surface area contributed by atoms with Gasteiger partial charge in [0.1, 0.15) is 5.52 Å². The molecule has 1 fully saturated rings. The zero-order valence-corrected chi connectivity index (χ0v) is 17.4. The molecular weight excluding hydrogens is 386 g/mol. The monoisotopic (exact) mass is 411 g/mol. The van der Waals surface area contributed by atoms with Gasteiger partial charge in [0.25, 0.3) is 0 Å². The fourth-order valence-corrected chi connectivity index (χ4v) is 4.05. The van der Waals surface area contributed by atoms with Crippen molar-refractivity contribution >= 4 is 28.8 Å². The standard InChI is InChI=1S/C22H26ClN5O/c1-2-3-9-25-22(29)17-7-5-11-27(15-17)21-20-14-19(26-28(20)12-10-24-21)16-6-4-8-18(23)13-16/h4,6,8,10,12-14,17H,2-3,5,7,9,11,15H2,1H3,(H,25,29). The number of carbonyl (C=O) groups is 1. The van der Waals surface area contributed by atoms with Gasteiger partial charge in [0.2, 0.25) is 5.91 Å². The maximum atomic E-state index is 12.5. The molecule has 1 aliphatic heterocycles. The van der Waals surface area contributed by atoms with Gasteiger partial charge in [-0.05, 0) is 37.5 Å². The zero-order chi connectivity index (χ0) is 20.2. The Labute approximate surface area is 175 Å². The van der Waals surface area contributed by atoms with Crippen molar-refractivity contribution in [3.63, 3.8) is 0 Å². The Morgan fingerprint density at radius 1 is 1.34 bits per heavy atom. The van der Waals surface area contributed by atoms with Gasteiger partial charge in [-0.1, -0.05) is 37.1 Å². The Morgan fingerprint density at radius 2 is 2.24 bits per heavy atom. The summed E-state index contributed by atoms with van der Waals surface area (Å²) in [5.74, 6) is 1.03. The van der Waals surface area contributed by atoms with E-state index < -0.39 is 0 Å². The number of piperidine rings is 1. The Kier molecular flexibility index (Phi) is 6.00. The minimum absolute atomic E-state index is 0.00187. The number of unbranched alkanes of at least 4 members (excludes halogenated alkanes) is 1. The lowest BCUT2D eigenvalue weighted by Crippen LogP contribution is -2.43. The lowest BCUT2D eigenvalue weighted by atomic mass is 9.97. The molecule has 29 heavy (non-hydrogen) atoms. The molecule has 4 rings (SSSR count). The Balaban J connectivity index is 1.58. The van der Waals surface area contributed by atoms with Gasteiger partial charge in [0, 0.05) is 42.6 Å². The summed E-state index contributed by atoms with van der Waals surface area (Å²) >= 11 is 6.14. The number of nitrogens with zero attached hydrogens (tertiary/aromatic N) is 4. The highest BCUT2D eigenvalue weighted by atomic mass is 35.5. The normalized spacial score (nSPS) is 16.9. The third kappa shape index (κ3) is 4.37. The van der Waals surface area contributed by atoms with Crippen LogP contribution >= 0.6 is 11.6 Å². The quantitative estimate of drug-likeness (QED) is 0.618. The molecular formula is C22H26ClN5O. The van der Waals surface area contributed by atoms with E-state index in [1.807, 2.05) is 41.0 Å². The van der Waals surface area contributed by atoms with Crippen LogP contribution in [0.5, 0.6) is 0 Å². The number of hydrogen-bond donors (Lipinski definition) is 1. The number of nitrogens with one attached hydrogen (secondary N) is 1. The average molecular weight is 412 g/mol. The predicted octanol–water partition coefficient (Wildman–Crippen LogP) is 4.18. The van der Waals surface area contributed by atoms with E-state index >= 15 is 0 Å². The molecule has 0 spiro atoms. The molecule has 0 aliphatic carbocycles. The number of hydrogen-bond acceptors (Lipinski definition) is 4. The van der Waals surface area contributed by atoms with E-state index in [1.165, 1.54) is 0 Å². The topological polar surface area (TPSA) is 62.5 Å². The lowest BCUT2D eigenvalue weighted by Gasteiger charge is -2.33. The molecule has 2 aromatic heterocycles. The lowest BCUT2D eigenvalue weighted by molar-refractivity contribution is -0.125. The molecule has 1 unspecified atom stereocenters. The second-order valence-electron chi connectivity index (χ2n) is 7.55.